The zero-order valence-corrected chi connectivity index (χ0v) is 19.6. The van der Waals surface area contributed by atoms with E-state index in [0.29, 0.717) is 12.3 Å². The van der Waals surface area contributed by atoms with Crippen LogP contribution in [0.5, 0.6) is 11.5 Å². The Morgan fingerprint density at radius 2 is 1.79 bits per heavy atom. The van der Waals surface area contributed by atoms with E-state index in [1.807, 2.05) is 30.5 Å². The Morgan fingerprint density at radius 3 is 2.59 bits per heavy atom. The zero-order valence-electron chi connectivity index (χ0n) is 19.6. The van der Waals surface area contributed by atoms with Gasteiger partial charge in [-0.05, 0) is 35.4 Å². The number of para-hydroxylation sites is 1. The highest BCUT2D eigenvalue weighted by atomic mass is 16.5. The van der Waals surface area contributed by atoms with Crippen LogP contribution >= 0.6 is 0 Å². The van der Waals surface area contributed by atoms with Crippen LogP contribution in [0, 0.1) is 0 Å². The second-order valence-electron chi connectivity index (χ2n) is 8.90. The third kappa shape index (κ3) is 4.55. The molecular weight excluding hydrogens is 428 g/mol. The fraction of sp³-hybridized carbons (Fsp3) is 0.333. The molecule has 1 saturated heterocycles. The standard InChI is InChI=1S/C27H32N4O3/c1-34-26-5-3-2-4-22(26)24-17-29-27-23(24)15-20(16-28-27)19-6-7-25(33)21(14-19)18-31-10-8-30(9-11-31)12-13-32/h2-7,14-15,17,28-29,32-33H,8-13,16,18H2,1H3. The van der Waals surface area contributed by atoms with Gasteiger partial charge < -0.3 is 25.3 Å². The van der Waals surface area contributed by atoms with Crippen LogP contribution in [0.3, 0.4) is 0 Å². The molecule has 0 atom stereocenters. The van der Waals surface area contributed by atoms with E-state index < -0.39 is 0 Å². The van der Waals surface area contributed by atoms with Crippen LogP contribution in [0.4, 0.5) is 5.82 Å². The summed E-state index contributed by atoms with van der Waals surface area (Å²) in [5.41, 5.74) is 6.49. The number of hydrogen-bond donors (Lipinski definition) is 4. The minimum Gasteiger partial charge on any atom is -0.508 e. The highest BCUT2D eigenvalue weighted by Gasteiger charge is 2.21. The van der Waals surface area contributed by atoms with Gasteiger partial charge in [-0.1, -0.05) is 24.3 Å². The van der Waals surface area contributed by atoms with Gasteiger partial charge in [0.25, 0.3) is 0 Å². The first-order valence-electron chi connectivity index (χ1n) is 11.8. The molecule has 3 aromatic rings. The van der Waals surface area contributed by atoms with Gasteiger partial charge in [0.2, 0.25) is 0 Å². The summed E-state index contributed by atoms with van der Waals surface area (Å²) in [5, 5.41) is 23.2. The van der Waals surface area contributed by atoms with Crippen LogP contribution in [0.1, 0.15) is 16.7 Å². The van der Waals surface area contributed by atoms with Gasteiger partial charge in [-0.2, -0.15) is 0 Å². The molecule has 4 N–H and O–H groups in total. The highest BCUT2D eigenvalue weighted by Crippen LogP contribution is 2.39. The molecule has 0 radical (unpaired) electrons. The Labute approximate surface area is 200 Å². The molecule has 1 fully saturated rings. The van der Waals surface area contributed by atoms with Crippen LogP contribution in [0.25, 0.3) is 22.8 Å². The lowest BCUT2D eigenvalue weighted by molar-refractivity contribution is 0.108. The van der Waals surface area contributed by atoms with Gasteiger partial charge in [0.1, 0.15) is 17.3 Å². The van der Waals surface area contributed by atoms with Gasteiger partial charge in [-0.3, -0.25) is 9.80 Å². The number of nitrogens with one attached hydrogen (secondary N) is 2. The first-order chi connectivity index (χ1) is 16.7. The predicted molar refractivity (Wildman–Crippen MR) is 136 cm³/mol. The zero-order chi connectivity index (χ0) is 23.5. The number of nitrogens with zero attached hydrogens (tertiary/aromatic N) is 2. The number of phenolic OH excluding ortho intramolecular Hbond substituents is 1. The lowest BCUT2D eigenvalue weighted by atomic mass is 9.95. The lowest BCUT2D eigenvalue weighted by Gasteiger charge is -2.34. The van der Waals surface area contributed by atoms with Crippen molar-refractivity contribution < 1.29 is 14.9 Å². The Kier molecular flexibility index (Phi) is 6.58. The summed E-state index contributed by atoms with van der Waals surface area (Å²) in [6.07, 6.45) is 4.25. The van der Waals surface area contributed by atoms with Crippen molar-refractivity contribution >= 4 is 17.5 Å². The fourth-order valence-corrected chi connectivity index (χ4v) is 4.88. The molecule has 178 valence electrons. The maximum absolute atomic E-state index is 10.6. The van der Waals surface area contributed by atoms with Gasteiger partial charge >= 0.3 is 0 Å². The molecule has 3 heterocycles. The molecule has 2 aliphatic rings. The SMILES string of the molecule is COc1ccccc1-c1c[nH]c2c1C=C(c1ccc(O)c(CN3CCN(CCO)CC3)c1)CN2. The summed E-state index contributed by atoms with van der Waals surface area (Å²) in [6, 6.07) is 14.0. The molecule has 1 aromatic heterocycles. The van der Waals surface area contributed by atoms with Crippen molar-refractivity contribution in [2.45, 2.75) is 6.54 Å². The van der Waals surface area contributed by atoms with Crippen molar-refractivity contribution in [3.8, 4) is 22.6 Å². The number of aromatic amines is 1. The first-order valence-corrected chi connectivity index (χ1v) is 11.8. The maximum Gasteiger partial charge on any atom is 0.126 e. The summed E-state index contributed by atoms with van der Waals surface area (Å²) in [4.78, 5) is 8.00. The van der Waals surface area contributed by atoms with Crippen LogP contribution in [0.15, 0.2) is 48.7 Å². The second-order valence-corrected chi connectivity index (χ2v) is 8.90. The van der Waals surface area contributed by atoms with Gasteiger partial charge in [-0.15, -0.1) is 0 Å². The molecule has 0 bridgehead atoms. The molecule has 0 aliphatic carbocycles. The molecule has 0 unspecified atom stereocenters. The molecular formula is C27H32N4O3. The minimum atomic E-state index is 0.202. The number of aromatic nitrogens is 1. The predicted octanol–water partition coefficient (Wildman–Crippen LogP) is 3.47. The van der Waals surface area contributed by atoms with Gasteiger partial charge in [0, 0.05) is 74.3 Å². The smallest absolute Gasteiger partial charge is 0.126 e. The number of ether oxygens (including phenoxy) is 1. The number of fused-ring (bicyclic) bond motifs is 1. The van der Waals surface area contributed by atoms with Crippen molar-refractivity contribution in [3.63, 3.8) is 0 Å². The van der Waals surface area contributed by atoms with E-state index in [-0.39, 0.29) is 6.61 Å². The molecule has 0 spiro atoms. The van der Waals surface area contributed by atoms with E-state index in [0.717, 1.165) is 78.7 Å². The number of rotatable bonds is 7. The summed E-state index contributed by atoms with van der Waals surface area (Å²) in [6.45, 7) is 6.11. The van der Waals surface area contributed by atoms with E-state index in [2.05, 4.69) is 38.3 Å². The lowest BCUT2D eigenvalue weighted by Crippen LogP contribution is -2.46. The summed E-state index contributed by atoms with van der Waals surface area (Å²) in [7, 11) is 1.70. The average molecular weight is 461 g/mol. The topological polar surface area (TPSA) is 84.0 Å². The summed E-state index contributed by atoms with van der Waals surface area (Å²) < 4.78 is 5.59. The number of phenols is 1. The largest absolute Gasteiger partial charge is 0.508 e. The summed E-state index contributed by atoms with van der Waals surface area (Å²) in [5.74, 6) is 2.18. The highest BCUT2D eigenvalue weighted by molar-refractivity contribution is 5.96. The number of aromatic hydroxyl groups is 1. The van der Waals surface area contributed by atoms with E-state index >= 15 is 0 Å². The van der Waals surface area contributed by atoms with Crippen LogP contribution in [0.2, 0.25) is 0 Å². The molecule has 2 aliphatic heterocycles. The number of β-amino-alcohol motifs (C(OH)–C–C–N with tert-alkyl or cyclic N) is 1. The van der Waals surface area contributed by atoms with Gasteiger partial charge in [0.05, 0.1) is 13.7 Å². The monoisotopic (exact) mass is 460 g/mol. The number of H-pyrrole nitrogens is 1. The molecule has 34 heavy (non-hydrogen) atoms. The normalized spacial score (nSPS) is 16.6. The maximum atomic E-state index is 10.6. The second kappa shape index (κ2) is 9.93. The Bertz CT molecular complexity index is 1180. The first kappa shape index (κ1) is 22.5. The van der Waals surface area contributed by atoms with E-state index in [4.69, 9.17) is 9.84 Å². The molecule has 7 heteroatoms. The number of piperazine rings is 1. The quantitative estimate of drug-likeness (QED) is 0.432. The molecule has 5 rings (SSSR count). The molecule has 7 nitrogen and oxygen atoms in total. The van der Waals surface area contributed by atoms with Crippen molar-refractivity contribution in [1.29, 1.82) is 0 Å². The molecule has 2 aromatic carbocycles. The minimum absolute atomic E-state index is 0.202. The van der Waals surface area contributed by atoms with E-state index in [1.165, 1.54) is 5.57 Å². The number of aliphatic hydroxyl groups excluding tert-OH is 1. The average Bonchev–Trinajstić information content (AvgIpc) is 3.30. The van der Waals surface area contributed by atoms with Crippen LogP contribution in [-0.4, -0.2) is 78.0 Å². The van der Waals surface area contributed by atoms with Crippen molar-refractivity contribution in [2.75, 3.05) is 58.3 Å². The van der Waals surface area contributed by atoms with Crippen molar-refractivity contribution in [2.24, 2.45) is 0 Å². The Hall–Kier alpha value is -3.26. The number of methoxy groups -OCH3 is 1. The molecule has 0 saturated carbocycles. The third-order valence-corrected chi connectivity index (χ3v) is 6.82. The van der Waals surface area contributed by atoms with E-state index in [1.54, 1.807) is 13.2 Å². The summed E-state index contributed by atoms with van der Waals surface area (Å²) >= 11 is 0. The number of benzene rings is 2. The Morgan fingerprint density at radius 1 is 1.00 bits per heavy atom. The van der Waals surface area contributed by atoms with E-state index in [9.17, 15) is 5.11 Å². The molecule has 0 amide bonds. The third-order valence-electron chi connectivity index (χ3n) is 6.82. The number of hydrogen-bond acceptors (Lipinski definition) is 6. The van der Waals surface area contributed by atoms with Crippen molar-refractivity contribution in [1.82, 2.24) is 14.8 Å². The number of aliphatic hydroxyl groups is 1. The Balaban J connectivity index is 1.39. The van der Waals surface area contributed by atoms with Crippen molar-refractivity contribution in [3.05, 3.63) is 65.4 Å². The van der Waals surface area contributed by atoms with Crippen LogP contribution < -0.4 is 10.1 Å². The van der Waals surface area contributed by atoms with Crippen LogP contribution in [-0.2, 0) is 6.54 Å². The fourth-order valence-electron chi connectivity index (χ4n) is 4.88. The van der Waals surface area contributed by atoms with Gasteiger partial charge in [-0.25, -0.2) is 0 Å². The number of anilines is 1. The van der Waals surface area contributed by atoms with Gasteiger partial charge in [0.15, 0.2) is 0 Å².